The lowest BCUT2D eigenvalue weighted by Crippen LogP contribution is -2.22. The Morgan fingerprint density at radius 2 is 2.06 bits per heavy atom. The van der Waals surface area contributed by atoms with Crippen LogP contribution in [0.15, 0.2) is 18.2 Å². The first-order valence-electron chi connectivity index (χ1n) is 5.52. The number of hydrogen-bond donors (Lipinski definition) is 3. The van der Waals surface area contributed by atoms with Crippen molar-refractivity contribution in [3.63, 3.8) is 0 Å². The molecule has 0 aromatic carbocycles. The van der Waals surface area contributed by atoms with Crippen LogP contribution in [0.5, 0.6) is 0 Å². The Morgan fingerprint density at radius 3 is 2.69 bits per heavy atom. The van der Waals surface area contributed by atoms with Crippen LogP contribution in [0.25, 0.3) is 0 Å². The summed E-state index contributed by atoms with van der Waals surface area (Å²) in [5.74, 6) is 1.60. The summed E-state index contributed by atoms with van der Waals surface area (Å²) in [6, 6.07) is 5.69. The summed E-state index contributed by atoms with van der Waals surface area (Å²) in [5.41, 5.74) is 0. The van der Waals surface area contributed by atoms with Gasteiger partial charge in [-0.3, -0.25) is 0 Å². The van der Waals surface area contributed by atoms with Crippen LogP contribution in [-0.2, 0) is 0 Å². The maximum Gasteiger partial charge on any atom is 0.131 e. The maximum atomic E-state index is 9.47. The van der Waals surface area contributed by atoms with Gasteiger partial charge in [0.05, 0.1) is 12.2 Å². The summed E-state index contributed by atoms with van der Waals surface area (Å²) in [6.07, 6.45) is -1.35. The van der Waals surface area contributed by atoms with Gasteiger partial charge in [0, 0.05) is 19.6 Å². The average molecular weight is 223 g/mol. The molecule has 2 heterocycles. The summed E-state index contributed by atoms with van der Waals surface area (Å²) >= 11 is 0. The molecule has 5 heteroatoms. The van der Waals surface area contributed by atoms with Gasteiger partial charge in [-0.15, -0.1) is 0 Å². The minimum absolute atomic E-state index is 0.434. The van der Waals surface area contributed by atoms with Gasteiger partial charge in [0.15, 0.2) is 0 Å². The fourth-order valence-corrected chi connectivity index (χ4v) is 1.84. The number of β-amino-alcohol motifs (C(OH)–C–C–N with tert-alkyl or cyclic N) is 2. The van der Waals surface area contributed by atoms with Crippen molar-refractivity contribution in [3.8, 4) is 0 Å². The van der Waals surface area contributed by atoms with Crippen LogP contribution in [0, 0.1) is 0 Å². The van der Waals surface area contributed by atoms with E-state index in [4.69, 9.17) is 0 Å². The number of pyridine rings is 1. The van der Waals surface area contributed by atoms with Crippen LogP contribution in [0.2, 0.25) is 0 Å². The standard InChI is InChI=1S/C11H17N3O2/c1-2-12-10-4-3-5-11(13-10)14-6-8(15)9(16)7-14/h3-5,8-9,15-16H,2,6-7H2,1H3,(H,12,13). The molecule has 0 spiro atoms. The lowest BCUT2D eigenvalue weighted by atomic mass is 10.3. The molecular weight excluding hydrogens is 206 g/mol. The Labute approximate surface area is 94.7 Å². The van der Waals surface area contributed by atoms with Gasteiger partial charge < -0.3 is 20.4 Å². The van der Waals surface area contributed by atoms with E-state index in [1.807, 2.05) is 30.0 Å². The number of nitrogens with one attached hydrogen (secondary N) is 1. The SMILES string of the molecule is CCNc1cccc(N2CC(O)C(O)C2)n1. The van der Waals surface area contributed by atoms with Crippen molar-refractivity contribution in [2.24, 2.45) is 0 Å². The minimum Gasteiger partial charge on any atom is -0.389 e. The van der Waals surface area contributed by atoms with Crippen molar-refractivity contribution in [2.75, 3.05) is 29.9 Å². The first-order valence-corrected chi connectivity index (χ1v) is 5.52. The molecule has 1 fully saturated rings. The van der Waals surface area contributed by atoms with E-state index >= 15 is 0 Å². The molecular formula is C11H17N3O2. The zero-order valence-corrected chi connectivity index (χ0v) is 9.30. The highest BCUT2D eigenvalue weighted by Crippen LogP contribution is 2.20. The summed E-state index contributed by atoms with van der Waals surface area (Å²) in [5, 5.41) is 22.1. The van der Waals surface area contributed by atoms with Crippen molar-refractivity contribution in [1.29, 1.82) is 0 Å². The highest BCUT2D eigenvalue weighted by molar-refractivity contribution is 5.48. The molecule has 0 radical (unpaired) electrons. The highest BCUT2D eigenvalue weighted by atomic mass is 16.3. The zero-order valence-electron chi connectivity index (χ0n) is 9.30. The summed E-state index contributed by atoms with van der Waals surface area (Å²) in [7, 11) is 0. The molecule has 5 nitrogen and oxygen atoms in total. The molecule has 88 valence electrons. The Bertz CT molecular complexity index is 349. The van der Waals surface area contributed by atoms with E-state index in [1.54, 1.807) is 0 Å². The Kier molecular flexibility index (Phi) is 3.26. The molecule has 1 aliphatic heterocycles. The Hall–Kier alpha value is -1.33. The van der Waals surface area contributed by atoms with E-state index in [0.717, 1.165) is 18.2 Å². The topological polar surface area (TPSA) is 68.6 Å². The van der Waals surface area contributed by atoms with E-state index in [2.05, 4.69) is 10.3 Å². The van der Waals surface area contributed by atoms with Crippen LogP contribution in [0.3, 0.4) is 0 Å². The van der Waals surface area contributed by atoms with Crippen LogP contribution in [-0.4, -0.2) is 47.0 Å². The normalized spacial score (nSPS) is 24.8. The molecule has 1 saturated heterocycles. The second kappa shape index (κ2) is 4.67. The van der Waals surface area contributed by atoms with Crippen molar-refractivity contribution >= 4 is 11.6 Å². The van der Waals surface area contributed by atoms with Gasteiger partial charge >= 0.3 is 0 Å². The molecule has 1 aromatic rings. The molecule has 2 unspecified atom stereocenters. The Morgan fingerprint density at radius 1 is 1.38 bits per heavy atom. The smallest absolute Gasteiger partial charge is 0.131 e. The molecule has 3 N–H and O–H groups in total. The number of rotatable bonds is 3. The van der Waals surface area contributed by atoms with Crippen LogP contribution in [0.1, 0.15) is 6.92 Å². The average Bonchev–Trinajstić information content (AvgIpc) is 2.60. The van der Waals surface area contributed by atoms with Crippen LogP contribution < -0.4 is 10.2 Å². The molecule has 0 bridgehead atoms. The molecule has 1 aliphatic rings. The number of aromatic nitrogens is 1. The third-order valence-electron chi connectivity index (χ3n) is 2.68. The van der Waals surface area contributed by atoms with Gasteiger partial charge in [0.25, 0.3) is 0 Å². The fraction of sp³-hybridized carbons (Fsp3) is 0.545. The first-order chi connectivity index (χ1) is 7.70. The number of aliphatic hydroxyl groups is 2. The van der Waals surface area contributed by atoms with E-state index < -0.39 is 12.2 Å². The lowest BCUT2D eigenvalue weighted by Gasteiger charge is -2.17. The molecule has 16 heavy (non-hydrogen) atoms. The minimum atomic E-state index is -0.676. The second-order valence-corrected chi connectivity index (χ2v) is 3.95. The third-order valence-corrected chi connectivity index (χ3v) is 2.68. The van der Waals surface area contributed by atoms with Gasteiger partial charge in [-0.25, -0.2) is 4.98 Å². The van der Waals surface area contributed by atoms with Crippen LogP contribution >= 0.6 is 0 Å². The van der Waals surface area contributed by atoms with Crippen molar-refractivity contribution < 1.29 is 10.2 Å². The molecule has 1 aromatic heterocycles. The van der Waals surface area contributed by atoms with Crippen molar-refractivity contribution in [3.05, 3.63) is 18.2 Å². The Balaban J connectivity index is 2.12. The fourth-order valence-electron chi connectivity index (χ4n) is 1.84. The number of anilines is 2. The predicted octanol–water partition coefficient (Wildman–Crippen LogP) is 0.0552. The zero-order chi connectivity index (χ0) is 11.5. The maximum absolute atomic E-state index is 9.47. The van der Waals surface area contributed by atoms with E-state index in [-0.39, 0.29) is 0 Å². The molecule has 0 aliphatic carbocycles. The van der Waals surface area contributed by atoms with Crippen molar-refractivity contribution in [2.45, 2.75) is 19.1 Å². The predicted molar refractivity (Wildman–Crippen MR) is 62.6 cm³/mol. The monoisotopic (exact) mass is 223 g/mol. The van der Waals surface area contributed by atoms with Gasteiger partial charge in [-0.2, -0.15) is 0 Å². The third kappa shape index (κ3) is 2.25. The van der Waals surface area contributed by atoms with E-state index in [1.165, 1.54) is 0 Å². The van der Waals surface area contributed by atoms with Gasteiger partial charge in [-0.05, 0) is 19.1 Å². The quantitative estimate of drug-likeness (QED) is 0.676. The van der Waals surface area contributed by atoms with E-state index in [9.17, 15) is 10.2 Å². The highest BCUT2D eigenvalue weighted by Gasteiger charge is 2.30. The van der Waals surface area contributed by atoms with E-state index in [0.29, 0.717) is 13.1 Å². The summed E-state index contributed by atoms with van der Waals surface area (Å²) in [6.45, 7) is 3.70. The number of hydrogen-bond acceptors (Lipinski definition) is 5. The molecule has 2 atom stereocenters. The number of nitrogens with zero attached hydrogens (tertiary/aromatic N) is 2. The summed E-state index contributed by atoms with van der Waals surface area (Å²) < 4.78 is 0. The largest absolute Gasteiger partial charge is 0.389 e. The summed E-state index contributed by atoms with van der Waals surface area (Å²) in [4.78, 5) is 6.29. The van der Waals surface area contributed by atoms with Gasteiger partial charge in [-0.1, -0.05) is 6.07 Å². The molecule has 0 amide bonds. The molecule has 0 saturated carbocycles. The molecule has 2 rings (SSSR count). The number of aliphatic hydroxyl groups excluding tert-OH is 2. The first kappa shape index (κ1) is 11.2. The van der Waals surface area contributed by atoms with Gasteiger partial charge in [0.2, 0.25) is 0 Å². The van der Waals surface area contributed by atoms with Crippen molar-refractivity contribution in [1.82, 2.24) is 4.98 Å². The second-order valence-electron chi connectivity index (χ2n) is 3.95. The van der Waals surface area contributed by atoms with Crippen LogP contribution in [0.4, 0.5) is 11.6 Å². The lowest BCUT2D eigenvalue weighted by molar-refractivity contribution is 0.0572. The van der Waals surface area contributed by atoms with Gasteiger partial charge in [0.1, 0.15) is 11.6 Å².